The molecule has 5 heterocycles. The van der Waals surface area contributed by atoms with E-state index in [-0.39, 0.29) is 6.04 Å². The molecule has 0 fully saturated rings. The van der Waals surface area contributed by atoms with Gasteiger partial charge >= 0.3 is 0 Å². The minimum absolute atomic E-state index is 0.244. The third-order valence-electron chi connectivity index (χ3n) is 19.8. The number of benzene rings is 13. The molecule has 1 unspecified atom stereocenters. The van der Waals surface area contributed by atoms with Crippen LogP contribution in [0.1, 0.15) is 12.5 Å². The van der Waals surface area contributed by atoms with E-state index in [4.69, 9.17) is 9.97 Å². The van der Waals surface area contributed by atoms with Crippen LogP contribution < -0.4 is 0 Å². The standard InChI is InChI=1S/C86H54N6/c1-4-23-53(24-5-1)84-83-67-51-52-73(92-72-42-17-13-32-66(72)82-61(36-22-46-77(82)92)60-35-20-44-75-80(60)64-30-11-15-40-70(64)90(75)56-27-8-3-9-28-56)62-37-18-38-68(78(62)67)85(83)88-86(87-84)54-47-49-57(50-48-54)91-71-41-16-12-31-65(71)81-59(34-21-45-76(81)91)58-33-19-43-74-79(58)63-29-10-14-39-69(63)89(74)55-25-6-2-7-26-55/h1-25,27-52,55H,26H2. The number of hydrogen-bond acceptors (Lipinski definition) is 2. The van der Waals surface area contributed by atoms with Crippen molar-refractivity contribution in [2.75, 3.05) is 0 Å². The van der Waals surface area contributed by atoms with Crippen molar-refractivity contribution < 1.29 is 0 Å². The first kappa shape index (κ1) is 50.8. The molecular weight excluding hydrogens is 1120 g/mol. The Kier molecular flexibility index (Phi) is 10.9. The molecule has 0 radical (unpaired) electrons. The second-order valence-corrected chi connectivity index (χ2v) is 24.6. The van der Waals surface area contributed by atoms with Crippen LogP contribution in [-0.4, -0.2) is 28.2 Å². The molecule has 1 atom stereocenters. The van der Waals surface area contributed by atoms with Gasteiger partial charge in [0.05, 0.1) is 61.7 Å². The van der Waals surface area contributed by atoms with E-state index < -0.39 is 0 Å². The summed E-state index contributed by atoms with van der Waals surface area (Å²) in [5.74, 6) is 0.688. The SMILES string of the molecule is C1=CCC(n2c3ccccc3c3c(-c4cccc5c4c4ccccc4n5-c4ccc(-c5nc(-c6ccccc6)c6c(n5)-c5cccc7c(-n8c9ccccc9c9c(-c%10cccc%11c%10c%10ccccc%10n%11-c%10ccccc%10)cccc98)ccc-6c57)cc4)cccc32)C=C1. The Morgan fingerprint density at radius 2 is 0.728 bits per heavy atom. The van der Waals surface area contributed by atoms with Crippen LogP contribution in [0.5, 0.6) is 0 Å². The minimum atomic E-state index is 0.244. The van der Waals surface area contributed by atoms with Crippen molar-refractivity contribution in [2.45, 2.75) is 12.5 Å². The van der Waals surface area contributed by atoms with E-state index >= 15 is 0 Å². The lowest BCUT2D eigenvalue weighted by atomic mass is 9.95. The summed E-state index contributed by atoms with van der Waals surface area (Å²) in [5, 5.41) is 12.3. The van der Waals surface area contributed by atoms with Crippen LogP contribution in [0, 0.1) is 0 Å². The predicted octanol–water partition coefficient (Wildman–Crippen LogP) is 22.4. The first-order valence-corrected chi connectivity index (χ1v) is 31.8. The van der Waals surface area contributed by atoms with E-state index in [9.17, 15) is 0 Å². The molecule has 0 N–H and O–H groups in total. The van der Waals surface area contributed by atoms with Crippen LogP contribution in [0.25, 0.3) is 182 Å². The number of para-hydroxylation sites is 5. The second kappa shape index (κ2) is 19.7. The Hall–Kier alpha value is -12.1. The molecule has 428 valence electrons. The summed E-state index contributed by atoms with van der Waals surface area (Å²) in [4.78, 5) is 11.2. The van der Waals surface area contributed by atoms with Crippen LogP contribution in [0.2, 0.25) is 0 Å². The molecule has 0 bridgehead atoms. The van der Waals surface area contributed by atoms with E-state index in [1.54, 1.807) is 0 Å². The lowest BCUT2D eigenvalue weighted by Gasteiger charge is -2.18. The molecule has 13 aromatic carbocycles. The highest BCUT2D eigenvalue weighted by atomic mass is 15.0. The maximum absolute atomic E-state index is 5.63. The van der Waals surface area contributed by atoms with E-state index in [0.717, 1.165) is 90.1 Å². The first-order valence-electron chi connectivity index (χ1n) is 31.8. The average molecular weight is 1170 g/mol. The molecule has 0 saturated heterocycles. The Morgan fingerprint density at radius 3 is 1.32 bits per heavy atom. The number of rotatable bonds is 8. The minimum Gasteiger partial charge on any atom is -0.333 e. The Bertz CT molecular complexity index is 6210. The quantitative estimate of drug-likeness (QED) is 0.152. The fourth-order valence-corrected chi connectivity index (χ4v) is 16.1. The Labute approximate surface area is 529 Å². The number of fused-ring (bicyclic) bond motifs is 15. The summed E-state index contributed by atoms with van der Waals surface area (Å²) in [6.07, 6.45) is 9.93. The van der Waals surface area contributed by atoms with Gasteiger partial charge in [0, 0.05) is 93.0 Å². The van der Waals surface area contributed by atoms with Gasteiger partial charge in [-0.3, -0.25) is 0 Å². The van der Waals surface area contributed by atoms with Crippen molar-refractivity contribution in [1.82, 2.24) is 28.2 Å². The fourth-order valence-electron chi connectivity index (χ4n) is 16.1. The van der Waals surface area contributed by atoms with E-state index in [2.05, 4.69) is 328 Å². The first-order chi connectivity index (χ1) is 45.7. The van der Waals surface area contributed by atoms with Gasteiger partial charge in [-0.05, 0) is 125 Å². The van der Waals surface area contributed by atoms with Gasteiger partial charge in [-0.2, -0.15) is 0 Å². The number of hydrogen-bond donors (Lipinski definition) is 0. The smallest absolute Gasteiger partial charge is 0.160 e. The molecule has 0 aliphatic heterocycles. The highest BCUT2D eigenvalue weighted by molar-refractivity contribution is 6.25. The average Bonchev–Trinajstić information content (AvgIpc) is 1.57. The van der Waals surface area contributed by atoms with Crippen molar-refractivity contribution in [3.8, 4) is 84.3 Å². The Balaban J connectivity index is 0.727. The molecule has 0 saturated carbocycles. The third kappa shape index (κ3) is 7.20. The lowest BCUT2D eigenvalue weighted by molar-refractivity contribution is 0.648. The molecule has 92 heavy (non-hydrogen) atoms. The molecule has 0 spiro atoms. The molecule has 0 amide bonds. The Morgan fingerprint density at radius 1 is 0.283 bits per heavy atom. The van der Waals surface area contributed by atoms with Crippen molar-refractivity contribution in [3.05, 3.63) is 309 Å². The van der Waals surface area contributed by atoms with Gasteiger partial charge in [-0.25, -0.2) is 9.97 Å². The van der Waals surface area contributed by atoms with E-state index in [0.29, 0.717) is 5.82 Å². The van der Waals surface area contributed by atoms with E-state index in [1.165, 1.54) is 92.8 Å². The molecule has 18 aromatic rings. The monoisotopic (exact) mass is 1170 g/mol. The number of allylic oxidation sites excluding steroid dienone is 4. The third-order valence-corrected chi connectivity index (χ3v) is 19.8. The van der Waals surface area contributed by atoms with Crippen molar-refractivity contribution >= 4 is 98.0 Å². The zero-order valence-corrected chi connectivity index (χ0v) is 49.9. The van der Waals surface area contributed by atoms with Crippen molar-refractivity contribution in [1.29, 1.82) is 0 Å². The molecule has 5 aromatic heterocycles. The highest BCUT2D eigenvalue weighted by Crippen LogP contribution is 2.53. The van der Waals surface area contributed by atoms with Gasteiger partial charge in [0.25, 0.3) is 0 Å². The largest absolute Gasteiger partial charge is 0.333 e. The van der Waals surface area contributed by atoms with Crippen LogP contribution in [0.15, 0.2) is 309 Å². The van der Waals surface area contributed by atoms with Crippen LogP contribution >= 0.6 is 0 Å². The normalized spacial score (nSPS) is 13.6. The van der Waals surface area contributed by atoms with Crippen LogP contribution in [-0.2, 0) is 0 Å². The lowest BCUT2D eigenvalue weighted by Crippen LogP contribution is -2.06. The predicted molar refractivity (Wildman–Crippen MR) is 384 cm³/mol. The van der Waals surface area contributed by atoms with Gasteiger partial charge in [0.1, 0.15) is 0 Å². The molecule has 2 aliphatic rings. The summed E-state index contributed by atoms with van der Waals surface area (Å²) < 4.78 is 9.88. The molecule has 2 aliphatic carbocycles. The molecule has 6 heteroatoms. The van der Waals surface area contributed by atoms with Gasteiger partial charge < -0.3 is 18.3 Å². The molecular formula is C86H54N6. The highest BCUT2D eigenvalue weighted by Gasteiger charge is 2.31. The van der Waals surface area contributed by atoms with Crippen molar-refractivity contribution in [3.63, 3.8) is 0 Å². The number of aromatic nitrogens is 6. The maximum Gasteiger partial charge on any atom is 0.160 e. The molecule has 6 nitrogen and oxygen atoms in total. The van der Waals surface area contributed by atoms with Crippen LogP contribution in [0.4, 0.5) is 0 Å². The zero-order chi connectivity index (χ0) is 60.1. The summed E-state index contributed by atoms with van der Waals surface area (Å²) in [5.41, 5.74) is 24.9. The molecule has 20 rings (SSSR count). The number of nitrogens with zero attached hydrogens (tertiary/aromatic N) is 6. The topological polar surface area (TPSA) is 45.5 Å². The van der Waals surface area contributed by atoms with Gasteiger partial charge in [-0.15, -0.1) is 0 Å². The summed E-state index contributed by atoms with van der Waals surface area (Å²) >= 11 is 0. The summed E-state index contributed by atoms with van der Waals surface area (Å²) in [6, 6.07) is 105. The fraction of sp³-hybridized carbons (Fsp3) is 0.0233. The summed E-state index contributed by atoms with van der Waals surface area (Å²) in [7, 11) is 0. The summed E-state index contributed by atoms with van der Waals surface area (Å²) in [6.45, 7) is 0. The zero-order valence-electron chi connectivity index (χ0n) is 49.9. The maximum atomic E-state index is 5.63. The van der Waals surface area contributed by atoms with Crippen LogP contribution in [0.3, 0.4) is 0 Å². The van der Waals surface area contributed by atoms with Gasteiger partial charge in [0.2, 0.25) is 0 Å². The van der Waals surface area contributed by atoms with Gasteiger partial charge in [0.15, 0.2) is 5.82 Å². The van der Waals surface area contributed by atoms with E-state index in [1.807, 2.05) is 0 Å². The van der Waals surface area contributed by atoms with Gasteiger partial charge in [-0.1, -0.05) is 218 Å². The second-order valence-electron chi connectivity index (χ2n) is 24.6. The van der Waals surface area contributed by atoms with Crippen molar-refractivity contribution in [2.24, 2.45) is 0 Å².